The van der Waals surface area contributed by atoms with E-state index in [4.69, 9.17) is 4.78 Å². The summed E-state index contributed by atoms with van der Waals surface area (Å²) in [6, 6.07) is 4.52. The number of nitrogens with one attached hydrogen (secondary N) is 1. The summed E-state index contributed by atoms with van der Waals surface area (Å²) in [4.78, 5) is 12.5. The summed E-state index contributed by atoms with van der Waals surface area (Å²) in [5.74, 6) is 0.139. The second kappa shape index (κ2) is 7.05. The molecule has 0 amide bonds. The molecular weight excluding hydrogens is 417 g/mol. The Bertz CT molecular complexity index is 1290. The van der Waals surface area contributed by atoms with Crippen LogP contribution in [0, 0.1) is 16.1 Å². The average Bonchev–Trinajstić information content (AvgIpc) is 3.02. The van der Waals surface area contributed by atoms with Crippen LogP contribution in [-0.2, 0) is 28.4 Å². The van der Waals surface area contributed by atoms with Crippen molar-refractivity contribution in [1.29, 1.82) is 10.0 Å². The number of alkyl halides is 3. The molecular formula is C19H19F3N6OS. The lowest BCUT2D eigenvalue weighted by Crippen LogP contribution is -2.17. The van der Waals surface area contributed by atoms with Crippen LogP contribution in [0.15, 0.2) is 29.4 Å². The Labute approximate surface area is 171 Å². The molecule has 7 nitrogen and oxygen atoms in total. The largest absolute Gasteiger partial charge is 0.417 e. The highest BCUT2D eigenvalue weighted by molar-refractivity contribution is 7.92. The smallest absolute Gasteiger partial charge is 0.310 e. The molecule has 3 rings (SSSR count). The van der Waals surface area contributed by atoms with Crippen LogP contribution in [0.3, 0.4) is 0 Å². The van der Waals surface area contributed by atoms with Crippen LogP contribution in [0.1, 0.15) is 31.9 Å². The molecule has 1 atom stereocenters. The summed E-state index contributed by atoms with van der Waals surface area (Å²) in [5, 5.41) is 9.40. The average molecular weight is 436 g/mol. The van der Waals surface area contributed by atoms with E-state index >= 15 is 0 Å². The Morgan fingerprint density at radius 3 is 2.40 bits per heavy atom. The van der Waals surface area contributed by atoms with Crippen molar-refractivity contribution in [2.24, 2.45) is 7.05 Å². The van der Waals surface area contributed by atoms with Gasteiger partial charge in [-0.2, -0.15) is 18.4 Å². The molecule has 3 aromatic rings. The van der Waals surface area contributed by atoms with Crippen molar-refractivity contribution < 1.29 is 17.4 Å². The minimum atomic E-state index is -4.56. The molecule has 0 saturated carbocycles. The predicted octanol–water partition coefficient (Wildman–Crippen LogP) is 4.28. The SMILES string of the molecule is CCS(=N)(=O)c1cc(C(C)(C)C#N)cnc1-c1nc2cc(C(F)(F)F)cnc2n1C. The number of nitriles is 1. The minimum Gasteiger partial charge on any atom is -0.310 e. The number of hydrogen-bond acceptors (Lipinski definition) is 6. The number of halogens is 3. The monoisotopic (exact) mass is 436 g/mol. The van der Waals surface area contributed by atoms with Crippen LogP contribution in [0.4, 0.5) is 13.2 Å². The third kappa shape index (κ3) is 3.63. The van der Waals surface area contributed by atoms with E-state index in [-0.39, 0.29) is 33.3 Å². The molecule has 3 heterocycles. The van der Waals surface area contributed by atoms with Crippen LogP contribution in [0.2, 0.25) is 0 Å². The van der Waals surface area contributed by atoms with Gasteiger partial charge in [-0.25, -0.2) is 19.0 Å². The zero-order chi connectivity index (χ0) is 22.5. The lowest BCUT2D eigenvalue weighted by atomic mass is 9.87. The molecule has 0 saturated heterocycles. The van der Waals surface area contributed by atoms with Gasteiger partial charge in [-0.1, -0.05) is 6.92 Å². The fourth-order valence-electron chi connectivity index (χ4n) is 2.87. The molecule has 0 bridgehead atoms. The van der Waals surface area contributed by atoms with Crippen LogP contribution in [0.25, 0.3) is 22.7 Å². The lowest BCUT2D eigenvalue weighted by molar-refractivity contribution is -0.137. The highest BCUT2D eigenvalue weighted by Crippen LogP contribution is 2.34. The van der Waals surface area contributed by atoms with Gasteiger partial charge in [-0.05, 0) is 31.5 Å². The highest BCUT2D eigenvalue weighted by Gasteiger charge is 2.32. The molecule has 0 spiro atoms. The van der Waals surface area contributed by atoms with Gasteiger partial charge in [0.15, 0.2) is 11.5 Å². The number of aryl methyl sites for hydroxylation is 1. The van der Waals surface area contributed by atoms with E-state index < -0.39 is 26.9 Å². The summed E-state index contributed by atoms with van der Waals surface area (Å²) < 4.78 is 61.8. The molecule has 0 aliphatic carbocycles. The maximum Gasteiger partial charge on any atom is 0.417 e. The number of imidazole rings is 1. The third-order valence-electron chi connectivity index (χ3n) is 4.86. The Morgan fingerprint density at radius 1 is 1.20 bits per heavy atom. The fourth-order valence-corrected chi connectivity index (χ4v) is 3.95. The van der Waals surface area contributed by atoms with E-state index in [2.05, 4.69) is 21.0 Å². The standard InChI is InChI=1S/C19H19F3N6OS/c1-5-30(24,29)14-7-11(18(2,3)10-23)8-25-15(14)17-27-13-6-12(19(20,21)22)9-26-16(13)28(17)4/h6-9,24H,5H2,1-4H3. The van der Waals surface area contributed by atoms with Crippen molar-refractivity contribution in [2.45, 2.75) is 37.3 Å². The Kier molecular flexibility index (Phi) is 5.10. The first-order chi connectivity index (χ1) is 13.8. The zero-order valence-corrected chi connectivity index (χ0v) is 17.5. The summed E-state index contributed by atoms with van der Waals surface area (Å²) in [6.07, 6.45) is -2.41. The first-order valence-electron chi connectivity index (χ1n) is 8.90. The molecule has 0 fully saturated rings. The molecule has 1 N–H and O–H groups in total. The van der Waals surface area contributed by atoms with E-state index in [1.807, 2.05) is 0 Å². The number of fused-ring (bicyclic) bond motifs is 1. The normalized spacial score (nSPS) is 14.5. The number of rotatable bonds is 4. The number of aromatic nitrogens is 4. The Morgan fingerprint density at radius 2 is 1.83 bits per heavy atom. The minimum absolute atomic E-state index is 0.00146. The van der Waals surface area contributed by atoms with Gasteiger partial charge in [-0.15, -0.1) is 0 Å². The quantitative estimate of drug-likeness (QED) is 0.657. The van der Waals surface area contributed by atoms with Crippen molar-refractivity contribution in [3.05, 3.63) is 35.7 Å². The Balaban J connectivity index is 2.31. The maximum atomic E-state index is 13.0. The molecule has 0 aliphatic heterocycles. The van der Waals surface area contributed by atoms with E-state index in [1.165, 1.54) is 16.8 Å². The molecule has 3 aromatic heterocycles. The molecule has 11 heteroatoms. The van der Waals surface area contributed by atoms with E-state index in [0.717, 1.165) is 12.3 Å². The predicted molar refractivity (Wildman–Crippen MR) is 105 cm³/mol. The van der Waals surface area contributed by atoms with E-state index in [1.54, 1.807) is 27.8 Å². The molecule has 1 unspecified atom stereocenters. The van der Waals surface area contributed by atoms with Crippen LogP contribution >= 0.6 is 0 Å². The van der Waals surface area contributed by atoms with Gasteiger partial charge in [0, 0.05) is 25.2 Å². The summed E-state index contributed by atoms with van der Waals surface area (Å²) in [7, 11) is -1.72. The lowest BCUT2D eigenvalue weighted by Gasteiger charge is -2.18. The van der Waals surface area contributed by atoms with Gasteiger partial charge in [-0.3, -0.25) is 4.98 Å². The maximum absolute atomic E-state index is 13.0. The van der Waals surface area contributed by atoms with E-state index in [0.29, 0.717) is 5.56 Å². The van der Waals surface area contributed by atoms with Crippen LogP contribution in [-0.4, -0.2) is 29.5 Å². The summed E-state index contributed by atoms with van der Waals surface area (Å²) >= 11 is 0. The van der Waals surface area contributed by atoms with E-state index in [9.17, 15) is 22.6 Å². The van der Waals surface area contributed by atoms with Gasteiger partial charge in [0.1, 0.15) is 11.2 Å². The van der Waals surface area contributed by atoms with Crippen molar-refractivity contribution in [2.75, 3.05) is 5.75 Å². The topological polar surface area (TPSA) is 108 Å². The van der Waals surface area contributed by atoms with Crippen molar-refractivity contribution in [3.8, 4) is 17.6 Å². The first-order valence-corrected chi connectivity index (χ1v) is 10.6. The zero-order valence-electron chi connectivity index (χ0n) is 16.7. The number of nitrogens with zero attached hydrogens (tertiary/aromatic N) is 5. The summed E-state index contributed by atoms with van der Waals surface area (Å²) in [5.41, 5.74) is -1.07. The molecule has 0 aromatic carbocycles. The second-order valence-corrected chi connectivity index (χ2v) is 9.70. The van der Waals surface area contributed by atoms with Gasteiger partial charge in [0.05, 0.1) is 31.7 Å². The summed E-state index contributed by atoms with van der Waals surface area (Å²) in [6.45, 7) is 4.93. The number of hydrogen-bond donors (Lipinski definition) is 1. The number of pyridine rings is 2. The van der Waals surface area contributed by atoms with Crippen molar-refractivity contribution in [1.82, 2.24) is 19.5 Å². The molecule has 30 heavy (non-hydrogen) atoms. The second-order valence-electron chi connectivity index (χ2n) is 7.33. The van der Waals surface area contributed by atoms with Crippen molar-refractivity contribution in [3.63, 3.8) is 0 Å². The Hall–Kier alpha value is -3.00. The molecule has 158 valence electrons. The fraction of sp³-hybridized carbons (Fsp3) is 0.368. The molecule has 0 radical (unpaired) electrons. The van der Waals surface area contributed by atoms with Gasteiger partial charge in [0.25, 0.3) is 0 Å². The first kappa shape index (κ1) is 21.7. The van der Waals surface area contributed by atoms with Crippen LogP contribution in [0.5, 0.6) is 0 Å². The third-order valence-corrected chi connectivity index (χ3v) is 6.70. The molecule has 0 aliphatic rings. The van der Waals surface area contributed by atoms with Gasteiger partial charge >= 0.3 is 6.18 Å². The van der Waals surface area contributed by atoms with Gasteiger partial charge < -0.3 is 4.57 Å². The van der Waals surface area contributed by atoms with Crippen molar-refractivity contribution >= 4 is 20.9 Å². The van der Waals surface area contributed by atoms with Gasteiger partial charge in [0.2, 0.25) is 0 Å². The highest BCUT2D eigenvalue weighted by atomic mass is 32.2. The van der Waals surface area contributed by atoms with Crippen LogP contribution < -0.4 is 0 Å².